The van der Waals surface area contributed by atoms with E-state index in [0.29, 0.717) is 0 Å². The number of carbonyl (C=O) groups excluding carboxylic acids is 3. The number of alkyl halides is 3. The molecule has 0 bridgehead atoms. The van der Waals surface area contributed by atoms with Gasteiger partial charge < -0.3 is 15.4 Å². The lowest BCUT2D eigenvalue weighted by Gasteiger charge is -2.22. The molecule has 0 spiro atoms. The average molecular weight is 436 g/mol. The summed E-state index contributed by atoms with van der Waals surface area (Å²) >= 11 is 0. The SMILES string of the molecule is COC(=O)[C@H](Cc1cccc(C(F)(F)F)c1)NC(=O)[C@H](Cc1ccccc1)NC(C)=O. The van der Waals surface area contributed by atoms with E-state index in [4.69, 9.17) is 4.74 Å². The smallest absolute Gasteiger partial charge is 0.416 e. The summed E-state index contributed by atoms with van der Waals surface area (Å²) in [4.78, 5) is 36.6. The Morgan fingerprint density at radius 2 is 1.52 bits per heavy atom. The standard InChI is InChI=1S/C22H23F3N2O4/c1-14(28)26-18(12-15-7-4-3-5-8-15)20(29)27-19(21(30)31-2)13-16-9-6-10-17(11-16)22(23,24)25/h3-11,18-19H,12-13H2,1-2H3,(H,26,28)(H,27,29)/t18-,19-/m0/s1. The summed E-state index contributed by atoms with van der Waals surface area (Å²) in [7, 11) is 1.11. The highest BCUT2D eigenvalue weighted by Crippen LogP contribution is 2.29. The highest BCUT2D eigenvalue weighted by Gasteiger charge is 2.31. The van der Waals surface area contributed by atoms with Crippen molar-refractivity contribution in [2.75, 3.05) is 7.11 Å². The fourth-order valence-corrected chi connectivity index (χ4v) is 3.02. The van der Waals surface area contributed by atoms with Crippen LogP contribution in [0.5, 0.6) is 0 Å². The van der Waals surface area contributed by atoms with Crippen molar-refractivity contribution in [2.45, 2.75) is 38.0 Å². The Labute approximate surface area is 177 Å². The van der Waals surface area contributed by atoms with Gasteiger partial charge in [0.05, 0.1) is 12.7 Å². The number of esters is 1. The number of rotatable bonds is 8. The van der Waals surface area contributed by atoms with Crippen molar-refractivity contribution >= 4 is 17.8 Å². The van der Waals surface area contributed by atoms with Crippen LogP contribution in [0.25, 0.3) is 0 Å². The average Bonchev–Trinajstić information content (AvgIpc) is 2.72. The summed E-state index contributed by atoms with van der Waals surface area (Å²) in [5.74, 6) is -1.91. The molecule has 6 nitrogen and oxygen atoms in total. The fourth-order valence-electron chi connectivity index (χ4n) is 3.02. The van der Waals surface area contributed by atoms with E-state index in [1.807, 2.05) is 0 Å². The zero-order valence-electron chi connectivity index (χ0n) is 17.0. The minimum absolute atomic E-state index is 0.170. The predicted octanol–water partition coefficient (Wildman–Crippen LogP) is 2.65. The van der Waals surface area contributed by atoms with Crippen LogP contribution in [-0.2, 0) is 38.1 Å². The fraction of sp³-hybridized carbons (Fsp3) is 0.318. The highest BCUT2D eigenvalue weighted by atomic mass is 19.4. The molecule has 2 aromatic carbocycles. The largest absolute Gasteiger partial charge is 0.467 e. The molecule has 2 amide bonds. The number of carbonyl (C=O) groups is 3. The van der Waals surface area contributed by atoms with Gasteiger partial charge in [-0.15, -0.1) is 0 Å². The van der Waals surface area contributed by atoms with Gasteiger partial charge in [-0.3, -0.25) is 9.59 Å². The third kappa shape index (κ3) is 7.44. The van der Waals surface area contributed by atoms with E-state index in [1.54, 1.807) is 30.3 Å². The van der Waals surface area contributed by atoms with Gasteiger partial charge in [0.25, 0.3) is 0 Å². The summed E-state index contributed by atoms with van der Waals surface area (Å²) in [5.41, 5.74) is 0.119. The molecular weight excluding hydrogens is 413 g/mol. The zero-order chi connectivity index (χ0) is 23.0. The molecule has 0 saturated carbocycles. The van der Waals surface area contributed by atoms with Gasteiger partial charge in [0.15, 0.2) is 0 Å². The van der Waals surface area contributed by atoms with E-state index in [9.17, 15) is 27.6 Å². The number of nitrogens with one attached hydrogen (secondary N) is 2. The second-order valence-corrected chi connectivity index (χ2v) is 6.93. The van der Waals surface area contributed by atoms with Crippen molar-refractivity contribution in [2.24, 2.45) is 0 Å². The van der Waals surface area contributed by atoms with Crippen molar-refractivity contribution in [1.29, 1.82) is 0 Å². The molecule has 0 fully saturated rings. The lowest BCUT2D eigenvalue weighted by atomic mass is 10.0. The Balaban J connectivity index is 2.20. The minimum Gasteiger partial charge on any atom is -0.467 e. The molecule has 2 atom stereocenters. The van der Waals surface area contributed by atoms with Crippen LogP contribution >= 0.6 is 0 Å². The molecule has 2 aromatic rings. The van der Waals surface area contributed by atoms with Crippen molar-refractivity contribution in [3.63, 3.8) is 0 Å². The summed E-state index contributed by atoms with van der Waals surface area (Å²) < 4.78 is 43.6. The number of hydrogen-bond acceptors (Lipinski definition) is 4. The first-order chi connectivity index (χ1) is 14.6. The normalized spacial score (nSPS) is 13.1. The second-order valence-electron chi connectivity index (χ2n) is 6.93. The molecule has 9 heteroatoms. The molecular formula is C22H23F3N2O4. The molecule has 0 heterocycles. The lowest BCUT2D eigenvalue weighted by molar-refractivity contribution is -0.145. The van der Waals surface area contributed by atoms with Crippen LogP contribution in [0.3, 0.4) is 0 Å². The molecule has 0 radical (unpaired) electrons. The molecule has 0 aromatic heterocycles. The number of halogens is 3. The Bertz CT molecular complexity index is 916. The van der Waals surface area contributed by atoms with Gasteiger partial charge in [-0.1, -0.05) is 48.5 Å². The van der Waals surface area contributed by atoms with E-state index in [-0.39, 0.29) is 18.4 Å². The third-order valence-electron chi connectivity index (χ3n) is 4.47. The second kappa shape index (κ2) is 10.6. The zero-order valence-corrected chi connectivity index (χ0v) is 17.0. The van der Waals surface area contributed by atoms with Gasteiger partial charge in [0.2, 0.25) is 11.8 Å². The van der Waals surface area contributed by atoms with Crippen LogP contribution < -0.4 is 10.6 Å². The van der Waals surface area contributed by atoms with Crippen LogP contribution in [0, 0.1) is 0 Å². The number of methoxy groups -OCH3 is 1. The van der Waals surface area contributed by atoms with Crippen molar-refractivity contribution in [3.8, 4) is 0 Å². The van der Waals surface area contributed by atoms with Gasteiger partial charge >= 0.3 is 12.1 Å². The first kappa shape index (κ1) is 23.9. The van der Waals surface area contributed by atoms with Gasteiger partial charge in [0.1, 0.15) is 12.1 Å². The van der Waals surface area contributed by atoms with E-state index in [2.05, 4.69) is 10.6 Å². The van der Waals surface area contributed by atoms with Crippen molar-refractivity contribution in [1.82, 2.24) is 10.6 Å². The quantitative estimate of drug-likeness (QED) is 0.624. The van der Waals surface area contributed by atoms with E-state index < -0.39 is 41.6 Å². The molecule has 0 aliphatic heterocycles. The summed E-state index contributed by atoms with van der Waals surface area (Å²) in [5, 5.41) is 5.02. The van der Waals surface area contributed by atoms with E-state index >= 15 is 0 Å². The first-order valence-electron chi connectivity index (χ1n) is 9.45. The highest BCUT2D eigenvalue weighted by molar-refractivity contribution is 5.90. The van der Waals surface area contributed by atoms with Gasteiger partial charge in [-0.05, 0) is 17.2 Å². The molecule has 2 rings (SSSR count). The van der Waals surface area contributed by atoms with Crippen molar-refractivity contribution < 1.29 is 32.3 Å². The number of ether oxygens (including phenoxy) is 1. The summed E-state index contributed by atoms with van der Waals surface area (Å²) in [6.07, 6.45) is -4.57. The Kier molecular flexibility index (Phi) is 8.18. The molecule has 0 aliphatic rings. The summed E-state index contributed by atoms with van der Waals surface area (Å²) in [6, 6.07) is 11.2. The monoisotopic (exact) mass is 436 g/mol. The van der Waals surface area contributed by atoms with Gasteiger partial charge in [0, 0.05) is 19.8 Å². The van der Waals surface area contributed by atoms with E-state index in [1.165, 1.54) is 19.1 Å². The predicted molar refractivity (Wildman–Crippen MR) is 107 cm³/mol. The number of hydrogen-bond donors (Lipinski definition) is 2. The van der Waals surface area contributed by atoms with Crippen LogP contribution in [0.1, 0.15) is 23.6 Å². The maximum Gasteiger partial charge on any atom is 0.416 e. The topological polar surface area (TPSA) is 84.5 Å². The molecule has 0 saturated heterocycles. The molecule has 2 N–H and O–H groups in total. The number of amides is 2. The Morgan fingerprint density at radius 1 is 0.903 bits per heavy atom. The van der Waals surface area contributed by atoms with Gasteiger partial charge in [-0.25, -0.2) is 4.79 Å². The third-order valence-corrected chi connectivity index (χ3v) is 4.47. The molecule has 31 heavy (non-hydrogen) atoms. The Morgan fingerprint density at radius 3 is 2.10 bits per heavy atom. The van der Waals surface area contributed by atoms with Gasteiger partial charge in [-0.2, -0.15) is 13.2 Å². The maximum atomic E-state index is 13.0. The molecule has 166 valence electrons. The van der Waals surface area contributed by atoms with Crippen LogP contribution in [0.15, 0.2) is 54.6 Å². The molecule has 0 aliphatic carbocycles. The Hall–Kier alpha value is -3.36. The number of benzene rings is 2. The van der Waals surface area contributed by atoms with Crippen LogP contribution in [0.2, 0.25) is 0 Å². The minimum atomic E-state index is -4.54. The lowest BCUT2D eigenvalue weighted by Crippen LogP contribution is -2.53. The van der Waals surface area contributed by atoms with Crippen LogP contribution in [-0.4, -0.2) is 37.0 Å². The summed E-state index contributed by atoms with van der Waals surface area (Å²) in [6.45, 7) is 1.26. The van der Waals surface area contributed by atoms with Crippen molar-refractivity contribution in [3.05, 3.63) is 71.3 Å². The van der Waals surface area contributed by atoms with E-state index in [0.717, 1.165) is 24.8 Å². The maximum absolute atomic E-state index is 13.0. The van der Waals surface area contributed by atoms with Crippen LogP contribution in [0.4, 0.5) is 13.2 Å². The first-order valence-corrected chi connectivity index (χ1v) is 9.45. The molecule has 0 unspecified atom stereocenters.